The second-order valence-corrected chi connectivity index (χ2v) is 5.25. The number of hydrogen-bond donors (Lipinski definition) is 1. The van der Waals surface area contributed by atoms with Crippen LogP contribution in [0.2, 0.25) is 0 Å². The van der Waals surface area contributed by atoms with E-state index < -0.39 is 0 Å². The highest BCUT2D eigenvalue weighted by atomic mass is 16.5. The van der Waals surface area contributed by atoms with Crippen molar-refractivity contribution >= 4 is 5.97 Å². The van der Waals surface area contributed by atoms with Gasteiger partial charge < -0.3 is 4.74 Å². The predicted octanol–water partition coefficient (Wildman–Crippen LogP) is 2.43. The molecule has 3 nitrogen and oxygen atoms in total. The van der Waals surface area contributed by atoms with Gasteiger partial charge in [0.1, 0.15) is 6.73 Å². The van der Waals surface area contributed by atoms with E-state index in [4.69, 9.17) is 4.74 Å². The Bertz CT molecular complexity index is 363. The number of esters is 1. The lowest BCUT2D eigenvalue weighted by atomic mass is 10.1. The maximum Gasteiger partial charge on any atom is 0.311 e. The fourth-order valence-corrected chi connectivity index (χ4v) is 1.26. The fourth-order valence-electron chi connectivity index (χ4n) is 1.26. The number of nitrogens with one attached hydrogen (secondary N) is 1. The third-order valence-corrected chi connectivity index (χ3v) is 2.30. The summed E-state index contributed by atoms with van der Waals surface area (Å²) in [7, 11) is 0. The van der Waals surface area contributed by atoms with Crippen LogP contribution in [-0.4, -0.2) is 18.2 Å². The average molecular weight is 235 g/mol. The maximum absolute atomic E-state index is 11.5. The second kappa shape index (κ2) is 5.82. The molecule has 0 fully saturated rings. The van der Waals surface area contributed by atoms with E-state index in [0.717, 1.165) is 5.56 Å². The lowest BCUT2D eigenvalue weighted by molar-refractivity contribution is -0.144. The molecule has 0 spiro atoms. The van der Waals surface area contributed by atoms with Gasteiger partial charge in [0, 0.05) is 5.54 Å². The monoisotopic (exact) mass is 235 g/mol. The van der Waals surface area contributed by atoms with Crippen molar-refractivity contribution in [1.82, 2.24) is 5.32 Å². The first-order valence-electron chi connectivity index (χ1n) is 5.83. The molecule has 0 atom stereocenters. The summed E-state index contributed by atoms with van der Waals surface area (Å²) in [6, 6.07) is 7.90. The third kappa shape index (κ3) is 6.07. The van der Waals surface area contributed by atoms with E-state index in [-0.39, 0.29) is 18.2 Å². The molecular weight excluding hydrogens is 214 g/mol. The Labute approximate surface area is 103 Å². The molecule has 0 aromatic heterocycles. The molecule has 1 N–H and O–H groups in total. The van der Waals surface area contributed by atoms with Crippen LogP contribution in [0.1, 0.15) is 31.9 Å². The molecule has 0 saturated carbocycles. The summed E-state index contributed by atoms with van der Waals surface area (Å²) in [6.45, 7) is 8.37. The van der Waals surface area contributed by atoms with Crippen LogP contribution in [0.15, 0.2) is 24.3 Å². The summed E-state index contributed by atoms with van der Waals surface area (Å²) in [5.41, 5.74) is 2.14. The Morgan fingerprint density at radius 1 is 1.24 bits per heavy atom. The van der Waals surface area contributed by atoms with Gasteiger partial charge in [0.05, 0.1) is 6.42 Å². The Hall–Kier alpha value is -1.35. The van der Waals surface area contributed by atoms with Crippen molar-refractivity contribution in [2.24, 2.45) is 0 Å². The minimum Gasteiger partial charge on any atom is -0.449 e. The van der Waals surface area contributed by atoms with Gasteiger partial charge in [-0.2, -0.15) is 0 Å². The number of carbonyl (C=O) groups is 1. The van der Waals surface area contributed by atoms with Gasteiger partial charge in [-0.1, -0.05) is 29.8 Å². The Balaban J connectivity index is 2.32. The molecule has 1 aromatic rings. The molecule has 1 rings (SSSR count). The Morgan fingerprint density at radius 3 is 2.35 bits per heavy atom. The minimum absolute atomic E-state index is 0.0376. The van der Waals surface area contributed by atoms with Crippen LogP contribution in [0.5, 0.6) is 0 Å². The molecule has 0 aliphatic heterocycles. The first kappa shape index (κ1) is 13.7. The summed E-state index contributed by atoms with van der Waals surface area (Å²) >= 11 is 0. The first-order chi connectivity index (χ1) is 7.87. The molecule has 0 aliphatic carbocycles. The lowest BCUT2D eigenvalue weighted by Crippen LogP contribution is -2.38. The van der Waals surface area contributed by atoms with Crippen LogP contribution in [0.4, 0.5) is 0 Å². The van der Waals surface area contributed by atoms with Crippen LogP contribution >= 0.6 is 0 Å². The molecule has 0 saturated heterocycles. The zero-order valence-electron chi connectivity index (χ0n) is 11.0. The number of rotatable bonds is 4. The van der Waals surface area contributed by atoms with E-state index in [1.54, 1.807) is 0 Å². The van der Waals surface area contributed by atoms with Gasteiger partial charge in [-0.3, -0.25) is 10.1 Å². The summed E-state index contributed by atoms with van der Waals surface area (Å²) in [4.78, 5) is 11.5. The zero-order chi connectivity index (χ0) is 12.9. The normalized spacial score (nSPS) is 11.3. The molecule has 0 heterocycles. The minimum atomic E-state index is -0.203. The average Bonchev–Trinajstić information content (AvgIpc) is 2.19. The maximum atomic E-state index is 11.5. The summed E-state index contributed by atoms with van der Waals surface area (Å²) in [5, 5.41) is 3.10. The van der Waals surface area contributed by atoms with Crippen LogP contribution in [0.25, 0.3) is 0 Å². The van der Waals surface area contributed by atoms with Gasteiger partial charge >= 0.3 is 5.97 Å². The lowest BCUT2D eigenvalue weighted by Gasteiger charge is -2.20. The topological polar surface area (TPSA) is 38.3 Å². The molecule has 3 heteroatoms. The highest BCUT2D eigenvalue weighted by Gasteiger charge is 2.10. The SMILES string of the molecule is Cc1ccc(CC(=O)OCNC(C)(C)C)cc1. The van der Waals surface area contributed by atoms with Gasteiger partial charge in [-0.15, -0.1) is 0 Å². The fraction of sp³-hybridized carbons (Fsp3) is 0.500. The Morgan fingerprint density at radius 2 is 1.82 bits per heavy atom. The molecule has 0 aliphatic rings. The number of hydrogen-bond acceptors (Lipinski definition) is 3. The first-order valence-corrected chi connectivity index (χ1v) is 5.83. The van der Waals surface area contributed by atoms with Crippen molar-refractivity contribution in [3.63, 3.8) is 0 Å². The van der Waals surface area contributed by atoms with Crippen LogP contribution in [0, 0.1) is 6.92 Å². The van der Waals surface area contributed by atoms with Gasteiger partial charge in [-0.05, 0) is 33.3 Å². The number of aryl methyl sites for hydroxylation is 1. The molecule has 0 unspecified atom stereocenters. The van der Waals surface area contributed by atoms with Crippen molar-refractivity contribution in [1.29, 1.82) is 0 Å². The molecule has 0 radical (unpaired) electrons. The number of ether oxygens (including phenoxy) is 1. The van der Waals surface area contributed by atoms with Crippen LogP contribution < -0.4 is 5.32 Å². The molecule has 0 amide bonds. The van der Waals surface area contributed by atoms with E-state index >= 15 is 0 Å². The van der Waals surface area contributed by atoms with Crippen molar-refractivity contribution in [3.8, 4) is 0 Å². The standard InChI is InChI=1S/C14H21NO2/c1-11-5-7-12(8-6-11)9-13(16)17-10-15-14(2,3)4/h5-8,15H,9-10H2,1-4H3. The van der Waals surface area contributed by atoms with Crippen molar-refractivity contribution in [3.05, 3.63) is 35.4 Å². The van der Waals surface area contributed by atoms with E-state index in [2.05, 4.69) is 5.32 Å². The number of carbonyl (C=O) groups excluding carboxylic acids is 1. The highest BCUT2D eigenvalue weighted by Crippen LogP contribution is 2.05. The zero-order valence-corrected chi connectivity index (χ0v) is 11.0. The van der Waals surface area contributed by atoms with Crippen LogP contribution in [0.3, 0.4) is 0 Å². The van der Waals surface area contributed by atoms with Crippen LogP contribution in [-0.2, 0) is 16.0 Å². The number of benzene rings is 1. The molecule has 0 bridgehead atoms. The molecule has 94 valence electrons. The molecule has 1 aromatic carbocycles. The van der Waals surface area contributed by atoms with Gasteiger partial charge in [0.2, 0.25) is 0 Å². The quantitative estimate of drug-likeness (QED) is 0.643. The smallest absolute Gasteiger partial charge is 0.311 e. The van der Waals surface area contributed by atoms with Gasteiger partial charge in [0.15, 0.2) is 0 Å². The third-order valence-electron chi connectivity index (χ3n) is 2.30. The second-order valence-electron chi connectivity index (χ2n) is 5.25. The van der Waals surface area contributed by atoms with E-state index in [1.165, 1.54) is 5.56 Å². The predicted molar refractivity (Wildman–Crippen MR) is 68.7 cm³/mol. The summed E-state index contributed by atoms with van der Waals surface area (Å²) < 4.78 is 5.10. The van der Waals surface area contributed by atoms with E-state index in [1.807, 2.05) is 52.0 Å². The molecular formula is C14H21NO2. The van der Waals surface area contributed by atoms with Gasteiger partial charge in [-0.25, -0.2) is 0 Å². The van der Waals surface area contributed by atoms with Crippen molar-refractivity contribution in [2.45, 2.75) is 39.7 Å². The van der Waals surface area contributed by atoms with E-state index in [0.29, 0.717) is 6.42 Å². The van der Waals surface area contributed by atoms with Crippen molar-refractivity contribution in [2.75, 3.05) is 6.73 Å². The molecule has 17 heavy (non-hydrogen) atoms. The Kier molecular flexibility index (Phi) is 4.70. The summed E-state index contributed by atoms with van der Waals surface area (Å²) in [5.74, 6) is -0.203. The largest absolute Gasteiger partial charge is 0.449 e. The highest BCUT2D eigenvalue weighted by molar-refractivity contribution is 5.72. The van der Waals surface area contributed by atoms with Crippen molar-refractivity contribution < 1.29 is 9.53 Å². The van der Waals surface area contributed by atoms with E-state index in [9.17, 15) is 4.79 Å². The van der Waals surface area contributed by atoms with Gasteiger partial charge in [0.25, 0.3) is 0 Å². The summed E-state index contributed by atoms with van der Waals surface area (Å²) in [6.07, 6.45) is 0.325.